The number of halogens is 1. The van der Waals surface area contributed by atoms with Crippen molar-refractivity contribution in [3.63, 3.8) is 0 Å². The van der Waals surface area contributed by atoms with E-state index >= 15 is 0 Å². The van der Waals surface area contributed by atoms with Crippen LogP contribution in [0.25, 0.3) is 0 Å². The molecule has 0 saturated carbocycles. The topological polar surface area (TPSA) is 75.5 Å². The minimum atomic E-state index is -0.613. The van der Waals surface area contributed by atoms with Crippen LogP contribution in [0.2, 0.25) is 0 Å². The molecule has 1 N–H and O–H groups in total. The lowest BCUT2D eigenvalue weighted by Crippen LogP contribution is -2.31. The van der Waals surface area contributed by atoms with Crippen LogP contribution in [0.15, 0.2) is 36.4 Å². The van der Waals surface area contributed by atoms with E-state index in [4.69, 9.17) is 0 Å². The van der Waals surface area contributed by atoms with E-state index in [0.717, 1.165) is 22.9 Å². The third-order valence-electron chi connectivity index (χ3n) is 4.06. The minimum absolute atomic E-state index is 0.132. The van der Waals surface area contributed by atoms with E-state index < -0.39 is 10.7 Å². The summed E-state index contributed by atoms with van der Waals surface area (Å²) in [5.41, 5.74) is 2.91. The molecule has 1 aliphatic rings. The highest BCUT2D eigenvalue weighted by molar-refractivity contribution is 5.89. The molecule has 6 nitrogen and oxygen atoms in total. The van der Waals surface area contributed by atoms with Crippen LogP contribution in [-0.2, 0) is 17.8 Å². The normalized spacial score (nSPS) is 13.3. The van der Waals surface area contributed by atoms with Crippen LogP contribution >= 0.6 is 0 Å². The van der Waals surface area contributed by atoms with Crippen molar-refractivity contribution in [2.75, 3.05) is 16.8 Å². The SMILES string of the molecule is CC(=O)Nc1cccc2c1CCN(c1ccc([N+](=O)[O-])cc1F)C2. The molecule has 0 aromatic heterocycles. The summed E-state index contributed by atoms with van der Waals surface area (Å²) in [5.74, 6) is -0.738. The van der Waals surface area contributed by atoms with Gasteiger partial charge in [-0.2, -0.15) is 0 Å². The van der Waals surface area contributed by atoms with Crippen molar-refractivity contribution in [1.82, 2.24) is 0 Å². The summed E-state index contributed by atoms with van der Waals surface area (Å²) < 4.78 is 14.2. The lowest BCUT2D eigenvalue weighted by atomic mass is 9.97. The van der Waals surface area contributed by atoms with E-state index in [-0.39, 0.29) is 11.6 Å². The molecule has 1 amide bonds. The third-order valence-corrected chi connectivity index (χ3v) is 4.06. The first kappa shape index (κ1) is 15.9. The van der Waals surface area contributed by atoms with Crippen molar-refractivity contribution >= 4 is 23.0 Å². The molecule has 24 heavy (non-hydrogen) atoms. The summed E-state index contributed by atoms with van der Waals surface area (Å²) >= 11 is 0. The number of nitrogens with zero attached hydrogens (tertiary/aromatic N) is 2. The Hall–Kier alpha value is -2.96. The number of nitrogens with one attached hydrogen (secondary N) is 1. The number of hydrogen-bond acceptors (Lipinski definition) is 4. The van der Waals surface area contributed by atoms with Gasteiger partial charge in [-0.15, -0.1) is 0 Å². The van der Waals surface area contributed by atoms with E-state index in [1.54, 1.807) is 0 Å². The average molecular weight is 329 g/mol. The average Bonchev–Trinajstić information content (AvgIpc) is 2.54. The second-order valence-corrected chi connectivity index (χ2v) is 5.69. The van der Waals surface area contributed by atoms with Crippen LogP contribution in [0.1, 0.15) is 18.1 Å². The van der Waals surface area contributed by atoms with Gasteiger partial charge in [-0.3, -0.25) is 14.9 Å². The summed E-state index contributed by atoms with van der Waals surface area (Å²) in [6, 6.07) is 9.33. The quantitative estimate of drug-likeness (QED) is 0.693. The molecule has 0 atom stereocenters. The number of carbonyl (C=O) groups excluding carboxylic acids is 1. The van der Waals surface area contributed by atoms with Crippen LogP contribution < -0.4 is 10.2 Å². The van der Waals surface area contributed by atoms with Crippen LogP contribution in [0.4, 0.5) is 21.5 Å². The third kappa shape index (κ3) is 3.05. The van der Waals surface area contributed by atoms with E-state index in [9.17, 15) is 19.3 Å². The van der Waals surface area contributed by atoms with Gasteiger partial charge in [-0.25, -0.2) is 4.39 Å². The number of fused-ring (bicyclic) bond motifs is 1. The lowest BCUT2D eigenvalue weighted by molar-refractivity contribution is -0.385. The maximum atomic E-state index is 14.2. The Kier molecular flexibility index (Phi) is 4.16. The molecule has 0 radical (unpaired) electrons. The molecule has 0 unspecified atom stereocenters. The molecule has 0 fully saturated rings. The van der Waals surface area contributed by atoms with Gasteiger partial charge < -0.3 is 10.2 Å². The predicted molar refractivity (Wildman–Crippen MR) is 88.6 cm³/mol. The largest absolute Gasteiger partial charge is 0.364 e. The lowest BCUT2D eigenvalue weighted by Gasteiger charge is -2.32. The number of non-ortho nitro benzene ring substituents is 1. The van der Waals surface area contributed by atoms with Crippen molar-refractivity contribution in [1.29, 1.82) is 0 Å². The van der Waals surface area contributed by atoms with Crippen molar-refractivity contribution in [3.05, 3.63) is 63.5 Å². The minimum Gasteiger partial charge on any atom is -0.364 e. The Morgan fingerprint density at radius 3 is 2.79 bits per heavy atom. The summed E-state index contributed by atoms with van der Waals surface area (Å²) in [6.07, 6.45) is 0.655. The zero-order valence-electron chi connectivity index (χ0n) is 13.1. The Bertz CT molecular complexity index is 823. The highest BCUT2D eigenvalue weighted by Gasteiger charge is 2.22. The second kappa shape index (κ2) is 6.27. The Morgan fingerprint density at radius 1 is 1.33 bits per heavy atom. The maximum absolute atomic E-state index is 14.2. The van der Waals surface area contributed by atoms with Gasteiger partial charge in [0, 0.05) is 31.8 Å². The van der Waals surface area contributed by atoms with Crippen LogP contribution in [-0.4, -0.2) is 17.4 Å². The van der Waals surface area contributed by atoms with E-state index in [2.05, 4.69) is 5.32 Å². The fraction of sp³-hybridized carbons (Fsp3) is 0.235. The van der Waals surface area contributed by atoms with Crippen LogP contribution in [0, 0.1) is 15.9 Å². The molecule has 1 heterocycles. The molecular weight excluding hydrogens is 313 g/mol. The van der Waals surface area contributed by atoms with Gasteiger partial charge in [0.25, 0.3) is 5.69 Å². The monoisotopic (exact) mass is 329 g/mol. The molecule has 0 spiro atoms. The molecule has 7 heteroatoms. The van der Waals surface area contributed by atoms with Crippen molar-refractivity contribution in [2.24, 2.45) is 0 Å². The first-order valence-electron chi connectivity index (χ1n) is 7.53. The number of anilines is 2. The van der Waals surface area contributed by atoms with Crippen LogP contribution in [0.3, 0.4) is 0 Å². The van der Waals surface area contributed by atoms with E-state index in [1.807, 2.05) is 23.1 Å². The number of rotatable bonds is 3. The molecule has 0 bridgehead atoms. The molecule has 3 rings (SSSR count). The fourth-order valence-electron chi connectivity index (χ4n) is 2.99. The molecule has 124 valence electrons. The maximum Gasteiger partial charge on any atom is 0.272 e. The highest BCUT2D eigenvalue weighted by atomic mass is 19.1. The molecule has 1 aliphatic heterocycles. The van der Waals surface area contributed by atoms with Gasteiger partial charge >= 0.3 is 0 Å². The molecule has 2 aromatic rings. The standard InChI is InChI=1S/C17H16FN3O3/c1-11(22)19-16-4-2-3-12-10-20(8-7-14(12)16)17-6-5-13(21(23)24)9-15(17)18/h2-6,9H,7-8,10H2,1H3,(H,19,22). The first-order valence-corrected chi connectivity index (χ1v) is 7.53. The van der Waals surface area contributed by atoms with Gasteiger partial charge in [0.1, 0.15) is 0 Å². The summed E-state index contributed by atoms with van der Waals surface area (Å²) in [6.45, 7) is 2.51. The number of nitro benzene ring substituents is 1. The fourth-order valence-corrected chi connectivity index (χ4v) is 2.99. The number of benzene rings is 2. The van der Waals surface area contributed by atoms with E-state index in [0.29, 0.717) is 25.2 Å². The zero-order valence-corrected chi connectivity index (χ0v) is 13.1. The zero-order chi connectivity index (χ0) is 17.3. The molecular formula is C17H16FN3O3. The summed E-state index contributed by atoms with van der Waals surface area (Å²) in [4.78, 5) is 23.2. The van der Waals surface area contributed by atoms with Gasteiger partial charge in [0.15, 0.2) is 5.82 Å². The number of amides is 1. The number of nitro groups is 1. The van der Waals surface area contributed by atoms with E-state index in [1.165, 1.54) is 19.1 Å². The predicted octanol–water partition coefficient (Wildman–Crippen LogP) is 3.26. The van der Waals surface area contributed by atoms with Crippen molar-refractivity contribution in [2.45, 2.75) is 19.9 Å². The Labute approximate surface area is 138 Å². The van der Waals surface area contributed by atoms with Gasteiger partial charge in [0.05, 0.1) is 16.7 Å². The summed E-state index contributed by atoms with van der Waals surface area (Å²) in [7, 11) is 0. The van der Waals surface area contributed by atoms with Gasteiger partial charge in [0.2, 0.25) is 5.91 Å². The highest BCUT2D eigenvalue weighted by Crippen LogP contribution is 2.31. The molecule has 0 saturated heterocycles. The smallest absolute Gasteiger partial charge is 0.272 e. The van der Waals surface area contributed by atoms with Gasteiger partial charge in [-0.1, -0.05) is 12.1 Å². The Balaban J connectivity index is 1.88. The molecule has 0 aliphatic carbocycles. The van der Waals surface area contributed by atoms with Crippen molar-refractivity contribution < 1.29 is 14.1 Å². The number of hydrogen-bond donors (Lipinski definition) is 1. The second-order valence-electron chi connectivity index (χ2n) is 5.69. The number of carbonyl (C=O) groups is 1. The van der Waals surface area contributed by atoms with Crippen LogP contribution in [0.5, 0.6) is 0 Å². The molecule has 2 aromatic carbocycles. The first-order chi connectivity index (χ1) is 11.5. The van der Waals surface area contributed by atoms with Gasteiger partial charge in [-0.05, 0) is 29.7 Å². The summed E-state index contributed by atoms with van der Waals surface area (Å²) in [5, 5.41) is 13.5. The Morgan fingerprint density at radius 2 is 2.12 bits per heavy atom. The van der Waals surface area contributed by atoms with Crippen molar-refractivity contribution in [3.8, 4) is 0 Å².